The van der Waals surface area contributed by atoms with Crippen molar-refractivity contribution in [3.63, 3.8) is 0 Å². The molecule has 0 unspecified atom stereocenters. The van der Waals surface area contributed by atoms with Gasteiger partial charge in [0.05, 0.1) is 17.5 Å². The Balaban J connectivity index is 1.44. The first-order chi connectivity index (χ1) is 15.0. The number of aromatic nitrogens is 4. The first-order valence-corrected chi connectivity index (χ1v) is 9.49. The van der Waals surface area contributed by atoms with Crippen LogP contribution < -0.4 is 4.90 Å². The van der Waals surface area contributed by atoms with Crippen LogP contribution in [-0.4, -0.2) is 56.8 Å². The Hall–Kier alpha value is -3.38. The molecule has 0 saturated carbocycles. The van der Waals surface area contributed by atoms with E-state index >= 15 is 0 Å². The van der Waals surface area contributed by atoms with Crippen molar-refractivity contribution in [1.29, 1.82) is 0 Å². The number of hydrogen-bond acceptors (Lipinski definition) is 5. The fourth-order valence-electron chi connectivity index (χ4n) is 3.48. The van der Waals surface area contributed by atoms with Gasteiger partial charge in [-0.2, -0.15) is 30.9 Å². The van der Waals surface area contributed by atoms with E-state index in [1.807, 2.05) is 4.90 Å². The van der Waals surface area contributed by atoms with Crippen LogP contribution in [0, 0.1) is 0 Å². The summed E-state index contributed by atoms with van der Waals surface area (Å²) in [5.74, 6) is 0.0939. The van der Waals surface area contributed by atoms with Crippen molar-refractivity contribution in [1.82, 2.24) is 24.7 Å². The number of hydrogen-bond donors (Lipinski definition) is 0. The van der Waals surface area contributed by atoms with Gasteiger partial charge in [0.1, 0.15) is 12.1 Å². The van der Waals surface area contributed by atoms with Crippen LogP contribution in [0.15, 0.2) is 36.7 Å². The van der Waals surface area contributed by atoms with Crippen molar-refractivity contribution < 1.29 is 31.1 Å². The molecule has 3 heterocycles. The number of fused-ring (bicyclic) bond motifs is 1. The number of nitrogens with zero attached hydrogens (tertiary/aromatic N) is 6. The molecule has 13 heteroatoms. The molecule has 170 valence electrons. The standard InChI is InChI=1S/C19H16F6N6O/c20-18(21,22)13-7-12(8-14(10-13)19(23,24)25)9-17(32)30-5-3-29(4-6-30)16-2-1-15-27-26-11-31(15)28-16/h1-2,7-8,10-11H,3-6,9H2. The van der Waals surface area contributed by atoms with Gasteiger partial charge in [-0.15, -0.1) is 15.3 Å². The van der Waals surface area contributed by atoms with Crippen LogP contribution >= 0.6 is 0 Å². The Morgan fingerprint density at radius 2 is 1.53 bits per heavy atom. The number of carbonyl (C=O) groups excluding carboxylic acids is 1. The zero-order valence-electron chi connectivity index (χ0n) is 16.4. The highest BCUT2D eigenvalue weighted by molar-refractivity contribution is 5.79. The zero-order valence-corrected chi connectivity index (χ0v) is 16.4. The van der Waals surface area contributed by atoms with Crippen molar-refractivity contribution in [2.45, 2.75) is 18.8 Å². The van der Waals surface area contributed by atoms with Gasteiger partial charge in [-0.1, -0.05) is 0 Å². The van der Waals surface area contributed by atoms with Crippen molar-refractivity contribution >= 4 is 17.4 Å². The maximum Gasteiger partial charge on any atom is 0.416 e. The summed E-state index contributed by atoms with van der Waals surface area (Å²) >= 11 is 0. The van der Waals surface area contributed by atoms with Crippen LogP contribution in [0.5, 0.6) is 0 Å². The Labute approximate surface area is 177 Å². The van der Waals surface area contributed by atoms with Crippen LogP contribution in [0.2, 0.25) is 0 Å². The summed E-state index contributed by atoms with van der Waals surface area (Å²) in [5, 5.41) is 12.0. The van der Waals surface area contributed by atoms with E-state index in [0.717, 1.165) is 0 Å². The van der Waals surface area contributed by atoms with Crippen LogP contribution in [0.4, 0.5) is 32.2 Å². The summed E-state index contributed by atoms with van der Waals surface area (Å²) in [6.45, 7) is 1.32. The smallest absolute Gasteiger partial charge is 0.352 e. The molecule has 0 bridgehead atoms. The van der Waals surface area contributed by atoms with Crippen molar-refractivity contribution in [3.05, 3.63) is 53.3 Å². The fraction of sp³-hybridized carbons (Fsp3) is 0.368. The number of anilines is 1. The second-order valence-corrected chi connectivity index (χ2v) is 7.28. The van der Waals surface area contributed by atoms with E-state index < -0.39 is 35.8 Å². The van der Waals surface area contributed by atoms with Gasteiger partial charge in [-0.05, 0) is 35.9 Å². The van der Waals surface area contributed by atoms with E-state index in [4.69, 9.17) is 0 Å². The Morgan fingerprint density at radius 1 is 0.906 bits per heavy atom. The van der Waals surface area contributed by atoms with Crippen LogP contribution in [0.1, 0.15) is 16.7 Å². The van der Waals surface area contributed by atoms with Crippen LogP contribution in [-0.2, 0) is 23.6 Å². The lowest BCUT2D eigenvalue weighted by Crippen LogP contribution is -2.49. The van der Waals surface area contributed by atoms with Gasteiger partial charge in [0.25, 0.3) is 0 Å². The van der Waals surface area contributed by atoms with Crippen LogP contribution in [0.3, 0.4) is 0 Å². The quantitative estimate of drug-likeness (QED) is 0.565. The van der Waals surface area contributed by atoms with Gasteiger partial charge in [-0.3, -0.25) is 4.79 Å². The zero-order chi connectivity index (χ0) is 23.1. The van der Waals surface area contributed by atoms with Crippen molar-refractivity contribution in [2.24, 2.45) is 0 Å². The minimum atomic E-state index is -4.95. The molecule has 4 rings (SSSR count). The minimum Gasteiger partial charge on any atom is -0.352 e. The highest BCUT2D eigenvalue weighted by Crippen LogP contribution is 2.36. The number of alkyl halides is 6. The number of amides is 1. The molecule has 1 fully saturated rings. The van der Waals surface area contributed by atoms with Crippen molar-refractivity contribution in [3.8, 4) is 0 Å². The summed E-state index contributed by atoms with van der Waals surface area (Å²) in [6.07, 6.45) is -9.02. The fourth-order valence-corrected chi connectivity index (χ4v) is 3.48. The van der Waals surface area contributed by atoms with E-state index in [9.17, 15) is 31.1 Å². The number of benzene rings is 1. The molecule has 0 spiro atoms. The third-order valence-electron chi connectivity index (χ3n) is 5.11. The van der Waals surface area contributed by atoms with E-state index in [1.165, 1.54) is 15.7 Å². The number of carbonyl (C=O) groups is 1. The first kappa shape index (κ1) is 21.8. The largest absolute Gasteiger partial charge is 0.416 e. The minimum absolute atomic E-state index is 0.0480. The Bertz CT molecular complexity index is 1100. The number of halogens is 6. The third kappa shape index (κ3) is 4.60. The molecule has 1 aliphatic heterocycles. The number of piperazine rings is 1. The summed E-state index contributed by atoms with van der Waals surface area (Å²) in [7, 11) is 0. The lowest BCUT2D eigenvalue weighted by Gasteiger charge is -2.35. The molecule has 0 atom stereocenters. The predicted octanol–water partition coefficient (Wildman–Crippen LogP) is 3.05. The SMILES string of the molecule is O=C(Cc1cc(C(F)(F)F)cc(C(F)(F)F)c1)N1CCN(c2ccc3nncn3n2)CC1. The van der Waals surface area contributed by atoms with Crippen LogP contribution in [0.25, 0.3) is 5.65 Å². The highest BCUT2D eigenvalue weighted by Gasteiger charge is 2.37. The van der Waals surface area contributed by atoms with Gasteiger partial charge in [0.2, 0.25) is 5.91 Å². The van der Waals surface area contributed by atoms with E-state index in [2.05, 4.69) is 15.3 Å². The molecular weight excluding hydrogens is 442 g/mol. The maximum atomic E-state index is 13.0. The lowest BCUT2D eigenvalue weighted by atomic mass is 10.0. The molecular formula is C19H16F6N6O. The predicted molar refractivity (Wildman–Crippen MR) is 99.7 cm³/mol. The summed E-state index contributed by atoms with van der Waals surface area (Å²) in [4.78, 5) is 15.9. The molecule has 0 aliphatic carbocycles. The van der Waals surface area contributed by atoms with Gasteiger partial charge in [-0.25, -0.2) is 0 Å². The van der Waals surface area contributed by atoms with E-state index in [0.29, 0.717) is 36.7 Å². The molecule has 1 saturated heterocycles. The Morgan fingerprint density at radius 3 is 2.12 bits per heavy atom. The van der Waals surface area contributed by atoms with Gasteiger partial charge in [0.15, 0.2) is 5.65 Å². The first-order valence-electron chi connectivity index (χ1n) is 9.49. The van der Waals surface area contributed by atoms with E-state index in [1.54, 1.807) is 12.1 Å². The average Bonchev–Trinajstić information content (AvgIpc) is 3.20. The summed E-state index contributed by atoms with van der Waals surface area (Å²) < 4.78 is 79.7. The monoisotopic (exact) mass is 458 g/mol. The second kappa shape index (κ2) is 7.95. The molecule has 32 heavy (non-hydrogen) atoms. The van der Waals surface area contributed by atoms with Gasteiger partial charge >= 0.3 is 12.4 Å². The molecule has 1 aliphatic rings. The summed E-state index contributed by atoms with van der Waals surface area (Å²) in [5.41, 5.74) is -2.63. The highest BCUT2D eigenvalue weighted by atomic mass is 19.4. The molecule has 0 N–H and O–H groups in total. The van der Waals surface area contributed by atoms with Crippen molar-refractivity contribution in [2.75, 3.05) is 31.1 Å². The molecule has 3 aromatic rings. The van der Waals surface area contributed by atoms with E-state index in [-0.39, 0.29) is 24.7 Å². The molecule has 1 amide bonds. The molecule has 7 nitrogen and oxygen atoms in total. The third-order valence-corrected chi connectivity index (χ3v) is 5.11. The maximum absolute atomic E-state index is 13.0. The van der Waals surface area contributed by atoms with Gasteiger partial charge in [0, 0.05) is 26.2 Å². The molecule has 2 aromatic heterocycles. The molecule has 1 aromatic carbocycles. The topological polar surface area (TPSA) is 66.6 Å². The Kier molecular flexibility index (Phi) is 5.42. The number of rotatable bonds is 3. The lowest BCUT2D eigenvalue weighted by molar-refractivity contribution is -0.143. The second-order valence-electron chi connectivity index (χ2n) is 7.28. The average molecular weight is 458 g/mol. The normalized spacial score (nSPS) is 15.4. The summed E-state index contributed by atoms with van der Waals surface area (Å²) in [6, 6.07) is 4.71. The molecule has 0 radical (unpaired) electrons. The van der Waals surface area contributed by atoms with Gasteiger partial charge < -0.3 is 9.80 Å².